The number of carbonyl (C=O) groups is 2. The molecule has 2 N–H and O–H groups in total. The van der Waals surface area contributed by atoms with E-state index >= 15 is 0 Å². The van der Waals surface area contributed by atoms with Gasteiger partial charge in [-0.1, -0.05) is 71.7 Å². The van der Waals surface area contributed by atoms with E-state index in [2.05, 4.69) is 10.1 Å². The van der Waals surface area contributed by atoms with Crippen LogP contribution in [0.1, 0.15) is 52.8 Å². The third kappa shape index (κ3) is 10.0. The first-order chi connectivity index (χ1) is 23.5. The van der Waals surface area contributed by atoms with Crippen LogP contribution in [0.4, 0.5) is 13.2 Å². The molecule has 1 aromatic heterocycles. The number of carboxylic acid groups (broad SMARTS) is 1. The van der Waals surface area contributed by atoms with Gasteiger partial charge in [0.2, 0.25) is 0 Å². The molecule has 49 heavy (non-hydrogen) atoms. The Bertz CT molecular complexity index is 1770. The standard InChI is InChI=1S/C35H31Cl2F3N2O7/c36-26-17-42(46)18-27(37)25(26)15-30(23-11-12-29(49-35(39)40)31(14-23)47-19-22-9-10-22)48-32(43)13-20-5-7-21(8-6-20)16-41-33(34(44)45)24-3-1-2-4-28(24)38/h1-8,11-12,14,17-18,22,30,33,35,41H,9-10,13,15-16,19H2,(H,44,45)/t30-,33?/m0/s1. The molecule has 14 heteroatoms. The lowest BCUT2D eigenvalue weighted by molar-refractivity contribution is -0.605. The third-order valence-corrected chi connectivity index (χ3v) is 8.44. The molecule has 4 aromatic rings. The quantitative estimate of drug-likeness (QED) is 0.0713. The van der Waals surface area contributed by atoms with E-state index in [9.17, 15) is 33.1 Å². The van der Waals surface area contributed by atoms with Gasteiger partial charge in [0.15, 0.2) is 23.9 Å². The second kappa shape index (κ2) is 16.3. The maximum atomic E-state index is 14.2. The van der Waals surface area contributed by atoms with Crippen molar-refractivity contribution < 1.29 is 46.8 Å². The van der Waals surface area contributed by atoms with Crippen LogP contribution in [0.15, 0.2) is 79.1 Å². The average Bonchev–Trinajstić information content (AvgIpc) is 3.88. The molecule has 3 aromatic carbocycles. The van der Waals surface area contributed by atoms with E-state index in [0.29, 0.717) is 39.5 Å². The summed E-state index contributed by atoms with van der Waals surface area (Å²) in [7, 11) is 0. The van der Waals surface area contributed by atoms with Crippen LogP contribution < -0.4 is 19.5 Å². The van der Waals surface area contributed by atoms with Crippen LogP contribution in [0.3, 0.4) is 0 Å². The van der Waals surface area contributed by atoms with Gasteiger partial charge in [0.25, 0.3) is 0 Å². The Morgan fingerprint density at radius 2 is 1.65 bits per heavy atom. The van der Waals surface area contributed by atoms with Crippen molar-refractivity contribution in [3.05, 3.63) is 128 Å². The first-order valence-electron chi connectivity index (χ1n) is 15.2. The van der Waals surface area contributed by atoms with Gasteiger partial charge in [-0.05, 0) is 53.6 Å². The molecule has 1 fully saturated rings. The zero-order chi connectivity index (χ0) is 35.1. The predicted molar refractivity (Wildman–Crippen MR) is 173 cm³/mol. The molecule has 1 saturated carbocycles. The summed E-state index contributed by atoms with van der Waals surface area (Å²) in [6.45, 7) is -2.67. The number of alkyl halides is 2. The number of esters is 1. The van der Waals surface area contributed by atoms with E-state index in [1.54, 1.807) is 30.3 Å². The van der Waals surface area contributed by atoms with Gasteiger partial charge < -0.3 is 24.5 Å². The van der Waals surface area contributed by atoms with E-state index in [1.807, 2.05) is 0 Å². The monoisotopic (exact) mass is 718 g/mol. The maximum Gasteiger partial charge on any atom is 0.387 e. The number of hydrogen-bond acceptors (Lipinski definition) is 7. The zero-order valence-electron chi connectivity index (χ0n) is 25.8. The number of benzene rings is 3. The summed E-state index contributed by atoms with van der Waals surface area (Å²) in [4.78, 5) is 25.1. The minimum atomic E-state index is -3.09. The molecule has 0 amide bonds. The van der Waals surface area contributed by atoms with Crippen molar-refractivity contribution in [3.8, 4) is 11.5 Å². The summed E-state index contributed by atoms with van der Waals surface area (Å²) in [5, 5.41) is 24.4. The van der Waals surface area contributed by atoms with Crippen LogP contribution in [-0.4, -0.2) is 30.3 Å². The largest absolute Gasteiger partial charge is 0.619 e. The van der Waals surface area contributed by atoms with Crippen molar-refractivity contribution in [1.82, 2.24) is 5.32 Å². The van der Waals surface area contributed by atoms with Gasteiger partial charge in [-0.15, -0.1) is 0 Å². The average molecular weight is 720 g/mol. The van der Waals surface area contributed by atoms with Gasteiger partial charge in [0, 0.05) is 24.1 Å². The van der Waals surface area contributed by atoms with Crippen molar-refractivity contribution in [2.75, 3.05) is 6.61 Å². The molecule has 9 nitrogen and oxygen atoms in total. The molecule has 1 heterocycles. The Morgan fingerprint density at radius 1 is 0.980 bits per heavy atom. The SMILES string of the molecule is O=C(Cc1ccc(CNC(C(=O)O)c2ccccc2F)cc1)O[C@@H](Cc1c(Cl)c[n+]([O-])cc1Cl)c1ccc(OC(F)F)c(OCC2CC2)c1. The van der Waals surface area contributed by atoms with Gasteiger partial charge in [0.1, 0.15) is 28.0 Å². The molecule has 0 aliphatic heterocycles. The number of ether oxygens (including phenoxy) is 3. The molecule has 0 spiro atoms. The van der Waals surface area contributed by atoms with E-state index in [0.717, 1.165) is 25.2 Å². The van der Waals surface area contributed by atoms with E-state index in [4.69, 9.17) is 32.7 Å². The summed E-state index contributed by atoms with van der Waals surface area (Å²) in [6.07, 6.45) is 2.90. The fourth-order valence-electron chi connectivity index (χ4n) is 5.06. The Labute approximate surface area is 289 Å². The van der Waals surface area contributed by atoms with Crippen LogP contribution in [-0.2, 0) is 33.7 Å². The molecular formula is C35H31Cl2F3N2O7. The number of nitrogens with zero attached hydrogens (tertiary/aromatic N) is 1. The Morgan fingerprint density at radius 3 is 2.29 bits per heavy atom. The first kappa shape index (κ1) is 35.8. The molecule has 2 atom stereocenters. The normalized spacial score (nSPS) is 13.9. The highest BCUT2D eigenvalue weighted by Crippen LogP contribution is 2.38. The number of carboxylic acids is 1. The molecule has 1 aliphatic rings. The van der Waals surface area contributed by atoms with Crippen molar-refractivity contribution in [1.29, 1.82) is 0 Å². The van der Waals surface area contributed by atoms with E-state index < -0.39 is 36.5 Å². The number of pyridine rings is 1. The molecule has 5 rings (SSSR count). The summed E-state index contributed by atoms with van der Waals surface area (Å²) in [6, 6.07) is 15.3. The molecule has 0 saturated heterocycles. The number of aromatic nitrogens is 1. The summed E-state index contributed by atoms with van der Waals surface area (Å²) in [5.74, 6) is -2.33. The van der Waals surface area contributed by atoms with Crippen LogP contribution in [0.25, 0.3) is 0 Å². The van der Waals surface area contributed by atoms with Gasteiger partial charge in [-0.3, -0.25) is 14.9 Å². The topological polar surface area (TPSA) is 121 Å². The number of hydrogen-bond donors (Lipinski definition) is 2. The predicted octanol–water partition coefficient (Wildman–Crippen LogP) is 7.14. The fourth-order valence-corrected chi connectivity index (χ4v) is 5.66. The second-order valence-corrected chi connectivity index (χ2v) is 12.3. The maximum absolute atomic E-state index is 14.2. The minimum Gasteiger partial charge on any atom is -0.619 e. The van der Waals surface area contributed by atoms with Gasteiger partial charge in [0.05, 0.1) is 13.0 Å². The van der Waals surface area contributed by atoms with Crippen molar-refractivity contribution >= 4 is 35.1 Å². The number of rotatable bonds is 16. The van der Waals surface area contributed by atoms with E-state index in [1.165, 1.54) is 36.4 Å². The molecule has 1 unspecified atom stereocenters. The lowest BCUT2D eigenvalue weighted by Crippen LogP contribution is -2.28. The fraction of sp³-hybridized carbons (Fsp3) is 0.286. The summed E-state index contributed by atoms with van der Waals surface area (Å²) in [5.41, 5.74) is 1.98. The minimum absolute atomic E-state index is 0.00649. The van der Waals surface area contributed by atoms with Crippen molar-refractivity contribution in [2.45, 2.75) is 51.0 Å². The zero-order valence-corrected chi connectivity index (χ0v) is 27.3. The molecule has 1 aliphatic carbocycles. The van der Waals surface area contributed by atoms with Crippen molar-refractivity contribution in [3.63, 3.8) is 0 Å². The van der Waals surface area contributed by atoms with E-state index in [-0.39, 0.29) is 46.5 Å². The molecule has 0 bridgehead atoms. The Balaban J connectivity index is 1.32. The number of nitrogens with one attached hydrogen (secondary N) is 1. The van der Waals surface area contributed by atoms with Crippen LogP contribution in [0, 0.1) is 16.9 Å². The molecule has 0 radical (unpaired) electrons. The number of aliphatic carboxylic acids is 1. The summed E-state index contributed by atoms with van der Waals surface area (Å²) >= 11 is 12.7. The van der Waals surface area contributed by atoms with Gasteiger partial charge in [-0.25, -0.2) is 4.39 Å². The molecular weight excluding hydrogens is 688 g/mol. The van der Waals surface area contributed by atoms with Crippen molar-refractivity contribution in [2.24, 2.45) is 5.92 Å². The highest BCUT2D eigenvalue weighted by Gasteiger charge is 2.27. The number of carbonyl (C=O) groups excluding carboxylic acids is 1. The highest BCUT2D eigenvalue weighted by molar-refractivity contribution is 6.35. The third-order valence-electron chi connectivity index (χ3n) is 7.79. The first-order valence-corrected chi connectivity index (χ1v) is 16.0. The Hall–Kier alpha value is -4.52. The second-order valence-electron chi connectivity index (χ2n) is 11.5. The summed E-state index contributed by atoms with van der Waals surface area (Å²) < 4.78 is 57.3. The van der Waals surface area contributed by atoms with Crippen LogP contribution >= 0.6 is 23.2 Å². The Kier molecular flexibility index (Phi) is 11.9. The highest BCUT2D eigenvalue weighted by atomic mass is 35.5. The van der Waals surface area contributed by atoms with Crippen LogP contribution in [0.2, 0.25) is 10.0 Å². The lowest BCUT2D eigenvalue weighted by Gasteiger charge is -2.21. The van der Waals surface area contributed by atoms with Crippen LogP contribution in [0.5, 0.6) is 11.5 Å². The van der Waals surface area contributed by atoms with Gasteiger partial charge in [-0.2, -0.15) is 13.5 Å². The van der Waals surface area contributed by atoms with Gasteiger partial charge >= 0.3 is 18.6 Å². The smallest absolute Gasteiger partial charge is 0.387 e. The number of halogens is 5. The molecule has 258 valence electrons. The lowest BCUT2D eigenvalue weighted by atomic mass is 10.0.